The first-order chi connectivity index (χ1) is 10.7. The Balaban J connectivity index is 2.20. The predicted octanol–water partition coefficient (Wildman–Crippen LogP) is 2.04. The van der Waals surface area contributed by atoms with Crippen LogP contribution in [0.5, 0.6) is 5.88 Å². The third-order valence-electron chi connectivity index (χ3n) is 3.36. The van der Waals surface area contributed by atoms with Crippen molar-refractivity contribution >= 4 is 10.9 Å². The van der Waals surface area contributed by atoms with Crippen LogP contribution >= 0.6 is 0 Å². The Morgan fingerprint density at radius 3 is 2.86 bits per heavy atom. The number of rotatable bonds is 9. The van der Waals surface area contributed by atoms with Crippen molar-refractivity contribution in [3.63, 3.8) is 0 Å². The van der Waals surface area contributed by atoms with Crippen molar-refractivity contribution in [3.05, 3.63) is 35.4 Å². The van der Waals surface area contributed by atoms with Crippen molar-refractivity contribution in [2.45, 2.75) is 19.9 Å². The van der Waals surface area contributed by atoms with Gasteiger partial charge in [0.2, 0.25) is 5.88 Å². The molecule has 0 fully saturated rings. The third-order valence-corrected chi connectivity index (χ3v) is 3.36. The van der Waals surface area contributed by atoms with E-state index in [9.17, 15) is 0 Å². The molecule has 0 amide bonds. The molecule has 0 atom stereocenters. The first-order valence-electron chi connectivity index (χ1n) is 7.58. The lowest BCUT2D eigenvalue weighted by Gasteiger charge is -2.13. The number of hydrogen-bond donors (Lipinski definition) is 2. The Morgan fingerprint density at radius 1 is 1.23 bits per heavy atom. The molecule has 2 rings (SSSR count). The second-order valence-corrected chi connectivity index (χ2v) is 5.24. The molecular weight excluding hydrogens is 280 g/mol. The third kappa shape index (κ3) is 4.66. The van der Waals surface area contributed by atoms with Gasteiger partial charge < -0.3 is 19.9 Å². The van der Waals surface area contributed by atoms with Crippen LogP contribution in [0.25, 0.3) is 10.9 Å². The Kier molecular flexibility index (Phi) is 6.58. The molecule has 1 heterocycles. The van der Waals surface area contributed by atoms with Gasteiger partial charge in [-0.3, -0.25) is 0 Å². The monoisotopic (exact) mass is 304 g/mol. The van der Waals surface area contributed by atoms with Gasteiger partial charge in [0.05, 0.1) is 12.1 Å². The second kappa shape index (κ2) is 8.68. The number of aliphatic hydroxyl groups excluding tert-OH is 1. The van der Waals surface area contributed by atoms with Crippen LogP contribution in [0, 0.1) is 6.92 Å². The smallest absolute Gasteiger partial charge is 0.218 e. The molecule has 5 heteroatoms. The molecular formula is C17H24N2O3. The topological polar surface area (TPSA) is 63.6 Å². The summed E-state index contributed by atoms with van der Waals surface area (Å²) in [7, 11) is 1.65. The summed E-state index contributed by atoms with van der Waals surface area (Å²) in [6.45, 7) is 4.70. The van der Waals surface area contributed by atoms with Crippen LogP contribution in [0.15, 0.2) is 24.3 Å². The van der Waals surface area contributed by atoms with Crippen molar-refractivity contribution in [1.82, 2.24) is 10.3 Å². The lowest BCUT2D eigenvalue weighted by molar-refractivity contribution is 0.143. The number of aryl methyl sites for hydroxylation is 1. The summed E-state index contributed by atoms with van der Waals surface area (Å²) in [6, 6.07) is 8.30. The van der Waals surface area contributed by atoms with E-state index < -0.39 is 0 Å². The maximum atomic E-state index is 8.84. The predicted molar refractivity (Wildman–Crippen MR) is 87.3 cm³/mol. The molecule has 0 bridgehead atoms. The van der Waals surface area contributed by atoms with Crippen molar-refractivity contribution in [3.8, 4) is 5.88 Å². The van der Waals surface area contributed by atoms with Gasteiger partial charge in [0.25, 0.3) is 0 Å². The molecule has 0 saturated carbocycles. The zero-order chi connectivity index (χ0) is 15.8. The summed E-state index contributed by atoms with van der Waals surface area (Å²) < 4.78 is 10.8. The SMILES string of the molecule is COCCOc1nc2ccc(C)cc2cc1CNCCCO. The van der Waals surface area contributed by atoms with E-state index in [1.807, 2.05) is 12.1 Å². The number of fused-ring (bicyclic) bond motifs is 1. The van der Waals surface area contributed by atoms with Crippen LogP contribution in [0.1, 0.15) is 17.5 Å². The molecule has 0 aliphatic carbocycles. The van der Waals surface area contributed by atoms with Gasteiger partial charge in [-0.05, 0) is 38.1 Å². The maximum Gasteiger partial charge on any atom is 0.218 e. The van der Waals surface area contributed by atoms with E-state index >= 15 is 0 Å². The van der Waals surface area contributed by atoms with Crippen LogP contribution < -0.4 is 10.1 Å². The summed E-state index contributed by atoms with van der Waals surface area (Å²) in [5.74, 6) is 0.643. The minimum atomic E-state index is 0.194. The molecule has 0 saturated heterocycles. The fourth-order valence-corrected chi connectivity index (χ4v) is 2.22. The largest absolute Gasteiger partial charge is 0.475 e. The lowest BCUT2D eigenvalue weighted by Crippen LogP contribution is -2.17. The molecule has 2 N–H and O–H groups in total. The van der Waals surface area contributed by atoms with Crippen molar-refractivity contribution in [2.24, 2.45) is 0 Å². The fourth-order valence-electron chi connectivity index (χ4n) is 2.22. The summed E-state index contributed by atoms with van der Waals surface area (Å²) in [4.78, 5) is 4.62. The number of methoxy groups -OCH3 is 1. The van der Waals surface area contributed by atoms with E-state index in [-0.39, 0.29) is 6.61 Å². The highest BCUT2D eigenvalue weighted by atomic mass is 16.5. The molecule has 120 valence electrons. The number of hydrogen-bond acceptors (Lipinski definition) is 5. The molecule has 22 heavy (non-hydrogen) atoms. The van der Waals surface area contributed by atoms with Gasteiger partial charge in [0.1, 0.15) is 6.61 Å². The van der Waals surface area contributed by atoms with Crippen molar-refractivity contribution < 1.29 is 14.6 Å². The maximum absolute atomic E-state index is 8.84. The summed E-state index contributed by atoms with van der Waals surface area (Å²) in [6.07, 6.45) is 0.736. The Bertz CT molecular complexity index is 602. The first-order valence-corrected chi connectivity index (χ1v) is 7.58. The number of aromatic nitrogens is 1. The van der Waals surface area contributed by atoms with E-state index in [4.69, 9.17) is 14.6 Å². The molecule has 0 spiro atoms. The summed E-state index contributed by atoms with van der Waals surface area (Å²) in [5.41, 5.74) is 3.16. The Morgan fingerprint density at radius 2 is 2.09 bits per heavy atom. The highest BCUT2D eigenvalue weighted by molar-refractivity contribution is 5.80. The number of nitrogens with one attached hydrogen (secondary N) is 1. The molecule has 1 aromatic carbocycles. The minimum absolute atomic E-state index is 0.194. The fraction of sp³-hybridized carbons (Fsp3) is 0.471. The van der Waals surface area contributed by atoms with Gasteiger partial charge in [-0.1, -0.05) is 11.6 Å². The van der Waals surface area contributed by atoms with E-state index in [1.54, 1.807) is 7.11 Å². The van der Waals surface area contributed by atoms with E-state index in [0.717, 1.165) is 29.4 Å². The van der Waals surface area contributed by atoms with E-state index in [1.165, 1.54) is 5.56 Å². The number of pyridine rings is 1. The standard InChI is InChI=1S/C17H24N2O3/c1-13-4-5-16-14(10-13)11-15(12-18-6-3-7-20)17(19-16)22-9-8-21-2/h4-5,10-11,18,20H,3,6-9,12H2,1-2H3. The van der Waals surface area contributed by atoms with Crippen LogP contribution in [-0.4, -0.2) is 43.6 Å². The molecule has 1 aromatic heterocycles. The van der Waals surface area contributed by atoms with Gasteiger partial charge in [-0.2, -0.15) is 0 Å². The van der Waals surface area contributed by atoms with Crippen LogP contribution in [0.2, 0.25) is 0 Å². The Labute approximate surface area is 131 Å². The molecule has 0 aliphatic rings. The second-order valence-electron chi connectivity index (χ2n) is 5.24. The summed E-state index contributed by atoms with van der Waals surface area (Å²) in [5, 5.41) is 13.3. The van der Waals surface area contributed by atoms with Gasteiger partial charge >= 0.3 is 0 Å². The van der Waals surface area contributed by atoms with Crippen LogP contribution in [0.4, 0.5) is 0 Å². The molecule has 0 radical (unpaired) electrons. The first kappa shape index (κ1) is 16.7. The Hall–Kier alpha value is -1.69. The number of aliphatic hydroxyl groups is 1. The molecule has 0 aliphatic heterocycles. The lowest BCUT2D eigenvalue weighted by atomic mass is 10.1. The highest BCUT2D eigenvalue weighted by Gasteiger charge is 2.08. The highest BCUT2D eigenvalue weighted by Crippen LogP contribution is 2.23. The van der Waals surface area contributed by atoms with E-state index in [0.29, 0.717) is 25.6 Å². The minimum Gasteiger partial charge on any atom is -0.475 e. The average Bonchev–Trinajstić information content (AvgIpc) is 2.52. The number of ether oxygens (including phenoxy) is 2. The van der Waals surface area contributed by atoms with Crippen molar-refractivity contribution in [2.75, 3.05) is 33.5 Å². The van der Waals surface area contributed by atoms with Crippen LogP contribution in [-0.2, 0) is 11.3 Å². The normalized spacial score (nSPS) is 11.0. The van der Waals surface area contributed by atoms with Gasteiger partial charge in [-0.25, -0.2) is 4.98 Å². The van der Waals surface area contributed by atoms with Gasteiger partial charge in [-0.15, -0.1) is 0 Å². The molecule has 2 aromatic rings. The average molecular weight is 304 g/mol. The van der Waals surface area contributed by atoms with Crippen molar-refractivity contribution in [1.29, 1.82) is 0 Å². The zero-order valence-corrected chi connectivity index (χ0v) is 13.3. The molecule has 5 nitrogen and oxygen atoms in total. The van der Waals surface area contributed by atoms with Crippen LogP contribution in [0.3, 0.4) is 0 Å². The molecule has 0 unspecified atom stereocenters. The van der Waals surface area contributed by atoms with Gasteiger partial charge in [0, 0.05) is 31.2 Å². The number of benzene rings is 1. The summed E-state index contributed by atoms with van der Waals surface area (Å²) >= 11 is 0. The van der Waals surface area contributed by atoms with Gasteiger partial charge in [0.15, 0.2) is 0 Å². The number of nitrogens with zero attached hydrogens (tertiary/aromatic N) is 1. The van der Waals surface area contributed by atoms with E-state index in [2.05, 4.69) is 29.4 Å². The quantitative estimate of drug-likeness (QED) is 0.694. The zero-order valence-electron chi connectivity index (χ0n) is 13.3.